The molecule has 0 aliphatic carbocycles. The van der Waals surface area contributed by atoms with E-state index in [0.717, 1.165) is 155 Å². The van der Waals surface area contributed by atoms with E-state index in [-0.39, 0.29) is 0 Å². The van der Waals surface area contributed by atoms with Crippen molar-refractivity contribution in [3.05, 3.63) is 97.2 Å². The van der Waals surface area contributed by atoms with Gasteiger partial charge in [-0.15, -0.1) is 0 Å². The Hall–Kier alpha value is -2.36. The molecule has 0 spiro atoms. The number of nitrogens with zero attached hydrogens (tertiary/aromatic N) is 3. The molecule has 0 aliphatic heterocycles. The van der Waals surface area contributed by atoms with Gasteiger partial charge in [0.15, 0.2) is 0 Å². The molecule has 442 valence electrons. The van der Waals surface area contributed by atoms with Crippen LogP contribution in [0.5, 0.6) is 0 Å². The molecule has 7 nitrogen and oxygen atoms in total. The van der Waals surface area contributed by atoms with E-state index in [1.54, 1.807) is 0 Å². The van der Waals surface area contributed by atoms with Gasteiger partial charge < -0.3 is 25.3 Å². The molecule has 0 aromatic rings. The molecule has 0 bridgehead atoms. The molecule has 0 saturated carbocycles. The van der Waals surface area contributed by atoms with E-state index in [9.17, 15) is 20.4 Å². The van der Waals surface area contributed by atoms with Crippen LogP contribution in [0.2, 0.25) is 0 Å². The van der Waals surface area contributed by atoms with E-state index in [1.165, 1.54) is 103 Å². The van der Waals surface area contributed by atoms with Gasteiger partial charge in [0.1, 0.15) is 0 Å². The summed E-state index contributed by atoms with van der Waals surface area (Å²) in [6.07, 6.45) is 74.7. The van der Waals surface area contributed by atoms with Gasteiger partial charge in [0.2, 0.25) is 0 Å². The van der Waals surface area contributed by atoms with Crippen LogP contribution in [-0.4, -0.2) is 119 Å². The van der Waals surface area contributed by atoms with Gasteiger partial charge in [-0.25, -0.2) is 0 Å². The first-order valence-corrected chi connectivity index (χ1v) is 32.3. The summed E-state index contributed by atoms with van der Waals surface area (Å²) < 4.78 is 0. The number of unbranched alkanes of at least 4 members (excludes halogenated alkanes) is 20. The zero-order chi connectivity index (χ0) is 55.5. The molecular formula is C69H127N3O4. The fourth-order valence-electron chi connectivity index (χ4n) is 9.45. The van der Waals surface area contributed by atoms with Crippen LogP contribution in [0.25, 0.3) is 0 Å². The van der Waals surface area contributed by atoms with Gasteiger partial charge in [-0.05, 0) is 161 Å². The maximum absolute atomic E-state index is 11.3. The van der Waals surface area contributed by atoms with Crippen molar-refractivity contribution in [2.75, 3.05) is 59.4 Å². The third-order valence-corrected chi connectivity index (χ3v) is 14.4. The second-order valence-corrected chi connectivity index (χ2v) is 22.3. The number of rotatable bonds is 58. The number of aliphatic hydroxyl groups excluding tert-OH is 4. The van der Waals surface area contributed by atoms with Crippen LogP contribution in [0.4, 0.5) is 0 Å². The van der Waals surface area contributed by atoms with E-state index < -0.39 is 24.4 Å². The van der Waals surface area contributed by atoms with Crippen molar-refractivity contribution in [2.24, 2.45) is 0 Å². The third kappa shape index (κ3) is 56.4. The Morgan fingerprint density at radius 1 is 0.263 bits per heavy atom. The molecule has 0 radical (unpaired) electrons. The van der Waals surface area contributed by atoms with Crippen LogP contribution >= 0.6 is 0 Å². The standard InChI is InChI=1S/C69H127N3O4/c1-6-10-14-18-22-26-30-34-38-42-46-50-54-66(73)62-71(63-67(74)55-51-47-43-39-35-31-27-23-19-15-11-7-2)60-58-70(5)59-61-72(64-68(75)56-52-48-44-40-36-32-28-24-20-16-12-8-3)65-69(76)57-53-49-45-41-37-33-29-25-21-17-13-9-4/h22-29,34-41,66-69,73-76H,6-21,30-33,42-65H2,1-5H3/b26-22-,27-23-,28-24-,29-25-,38-34-,39-35-,40-36-,41-37-. The molecule has 0 saturated heterocycles. The lowest BCUT2D eigenvalue weighted by atomic mass is 10.1. The Labute approximate surface area is 472 Å². The lowest BCUT2D eigenvalue weighted by Crippen LogP contribution is -2.44. The first kappa shape index (κ1) is 73.6. The third-order valence-electron chi connectivity index (χ3n) is 14.4. The fourth-order valence-corrected chi connectivity index (χ4v) is 9.45. The normalized spacial score (nSPS) is 14.6. The minimum Gasteiger partial charge on any atom is -0.392 e. The van der Waals surface area contributed by atoms with Crippen LogP contribution in [-0.2, 0) is 0 Å². The Kier molecular flexibility index (Phi) is 58.4. The highest BCUT2D eigenvalue weighted by Crippen LogP contribution is 2.14. The van der Waals surface area contributed by atoms with Crippen molar-refractivity contribution < 1.29 is 20.4 Å². The Morgan fingerprint density at radius 3 is 0.658 bits per heavy atom. The molecule has 0 amide bonds. The van der Waals surface area contributed by atoms with Gasteiger partial charge in [0.25, 0.3) is 0 Å². The van der Waals surface area contributed by atoms with Gasteiger partial charge in [-0.1, -0.05) is 202 Å². The predicted molar refractivity (Wildman–Crippen MR) is 336 cm³/mol. The van der Waals surface area contributed by atoms with E-state index in [2.05, 4.69) is 147 Å². The fraction of sp³-hybridized carbons (Fsp3) is 0.768. The van der Waals surface area contributed by atoms with E-state index in [1.807, 2.05) is 0 Å². The van der Waals surface area contributed by atoms with Gasteiger partial charge >= 0.3 is 0 Å². The number of hydrogen-bond donors (Lipinski definition) is 4. The summed E-state index contributed by atoms with van der Waals surface area (Å²) in [4.78, 5) is 6.92. The van der Waals surface area contributed by atoms with Crippen LogP contribution in [0, 0.1) is 0 Å². The average molecular weight is 1060 g/mol. The van der Waals surface area contributed by atoms with Gasteiger partial charge in [0, 0.05) is 52.4 Å². The summed E-state index contributed by atoms with van der Waals surface area (Å²) in [7, 11) is 2.16. The molecule has 4 unspecified atom stereocenters. The van der Waals surface area contributed by atoms with Crippen molar-refractivity contribution in [3.63, 3.8) is 0 Å². The molecule has 4 atom stereocenters. The summed E-state index contributed by atoms with van der Waals surface area (Å²) >= 11 is 0. The van der Waals surface area contributed by atoms with Crippen LogP contribution in [0.3, 0.4) is 0 Å². The summed E-state index contributed by atoms with van der Waals surface area (Å²) in [5.74, 6) is 0. The number of allylic oxidation sites excluding steroid dienone is 16. The van der Waals surface area contributed by atoms with E-state index in [0.29, 0.717) is 26.2 Å². The zero-order valence-corrected chi connectivity index (χ0v) is 50.8. The zero-order valence-electron chi connectivity index (χ0n) is 50.8. The molecule has 4 N–H and O–H groups in total. The molecule has 0 heterocycles. The van der Waals surface area contributed by atoms with E-state index >= 15 is 0 Å². The average Bonchev–Trinajstić information content (AvgIpc) is 3.40. The largest absolute Gasteiger partial charge is 0.392 e. The van der Waals surface area contributed by atoms with Gasteiger partial charge in [-0.2, -0.15) is 0 Å². The first-order chi connectivity index (χ1) is 37.2. The quantitative estimate of drug-likeness (QED) is 0.0356. The Morgan fingerprint density at radius 2 is 0.461 bits per heavy atom. The summed E-state index contributed by atoms with van der Waals surface area (Å²) in [6.45, 7) is 14.5. The summed E-state index contributed by atoms with van der Waals surface area (Å²) in [5.41, 5.74) is 0. The molecule has 0 aliphatic rings. The lowest BCUT2D eigenvalue weighted by molar-refractivity contribution is 0.0494. The molecule has 0 aromatic carbocycles. The molecule has 0 aromatic heterocycles. The minimum atomic E-state index is -0.423. The van der Waals surface area contributed by atoms with Crippen molar-refractivity contribution in [1.82, 2.24) is 14.7 Å². The summed E-state index contributed by atoms with van der Waals surface area (Å²) in [5, 5.41) is 45.1. The first-order valence-electron chi connectivity index (χ1n) is 32.3. The van der Waals surface area contributed by atoms with Crippen molar-refractivity contribution in [1.29, 1.82) is 0 Å². The Bertz CT molecular complexity index is 1220. The predicted octanol–water partition coefficient (Wildman–Crippen LogP) is 17.5. The molecule has 0 fully saturated rings. The van der Waals surface area contributed by atoms with Crippen LogP contribution in [0.1, 0.15) is 259 Å². The summed E-state index contributed by atoms with van der Waals surface area (Å²) in [6, 6.07) is 0. The minimum absolute atomic E-state index is 0.423. The van der Waals surface area contributed by atoms with Crippen molar-refractivity contribution in [3.8, 4) is 0 Å². The number of hydrogen-bond acceptors (Lipinski definition) is 7. The van der Waals surface area contributed by atoms with Crippen molar-refractivity contribution >= 4 is 0 Å². The van der Waals surface area contributed by atoms with Gasteiger partial charge in [0.05, 0.1) is 24.4 Å². The second-order valence-electron chi connectivity index (χ2n) is 22.3. The van der Waals surface area contributed by atoms with Gasteiger partial charge in [-0.3, -0.25) is 9.80 Å². The second kappa shape index (κ2) is 60.3. The molecule has 7 heteroatoms. The topological polar surface area (TPSA) is 90.6 Å². The van der Waals surface area contributed by atoms with Crippen LogP contribution < -0.4 is 0 Å². The maximum Gasteiger partial charge on any atom is 0.0667 e. The highest BCUT2D eigenvalue weighted by molar-refractivity contribution is 4.95. The molecule has 0 rings (SSSR count). The number of likely N-dealkylation sites (N-methyl/N-ethyl adjacent to an activating group) is 1. The highest BCUT2D eigenvalue weighted by atomic mass is 16.3. The highest BCUT2D eigenvalue weighted by Gasteiger charge is 2.19. The van der Waals surface area contributed by atoms with E-state index in [4.69, 9.17) is 0 Å². The Balaban J connectivity index is 5.40. The smallest absolute Gasteiger partial charge is 0.0667 e. The van der Waals surface area contributed by atoms with Crippen molar-refractivity contribution in [2.45, 2.75) is 283 Å². The SMILES string of the molecule is CCCCC/C=C\C/C=C\CCCCC(O)CN(CCN(C)CCN(CC(O)CCCC/C=C\C/C=C\CCCCC)CC(O)CCCC/C=C\C/C=C\CCCCC)CC(O)CCCC/C=C\C/C=C\CCCCC. The lowest BCUT2D eigenvalue weighted by Gasteiger charge is -2.31. The molecular weight excluding hydrogens is 935 g/mol. The molecule has 76 heavy (non-hydrogen) atoms. The maximum atomic E-state index is 11.3. The monoisotopic (exact) mass is 1060 g/mol. The number of aliphatic hydroxyl groups is 4. The van der Waals surface area contributed by atoms with Crippen LogP contribution in [0.15, 0.2) is 97.2 Å².